The normalized spacial score (nSPS) is 14.5. The Labute approximate surface area is 120 Å². The average Bonchev–Trinajstić information content (AvgIpc) is 2.79. The summed E-state index contributed by atoms with van der Waals surface area (Å²) >= 11 is 0. The molecule has 4 nitrogen and oxygen atoms in total. The monoisotopic (exact) mass is 273 g/mol. The van der Waals surface area contributed by atoms with Crippen molar-refractivity contribution in [2.75, 3.05) is 0 Å². The lowest BCUT2D eigenvalue weighted by Crippen LogP contribution is -2.28. The second kappa shape index (κ2) is 6.18. The maximum absolute atomic E-state index is 6.03. The van der Waals surface area contributed by atoms with Crippen LogP contribution in [0, 0.1) is 12.8 Å². The van der Waals surface area contributed by atoms with Crippen LogP contribution in [0.25, 0.3) is 0 Å². The molecule has 2 unspecified atom stereocenters. The van der Waals surface area contributed by atoms with E-state index in [1.807, 2.05) is 19.1 Å². The van der Waals surface area contributed by atoms with Gasteiger partial charge >= 0.3 is 0 Å². The number of aromatic nitrogens is 2. The van der Waals surface area contributed by atoms with Crippen LogP contribution in [0.2, 0.25) is 0 Å². The minimum Gasteiger partial charge on any atom is -0.339 e. The van der Waals surface area contributed by atoms with Crippen LogP contribution >= 0.6 is 0 Å². The Hall–Kier alpha value is -1.68. The molecular formula is C16H23N3O. The van der Waals surface area contributed by atoms with Crippen molar-refractivity contribution < 1.29 is 4.52 Å². The Kier molecular flexibility index (Phi) is 4.55. The molecule has 0 fully saturated rings. The molecule has 2 N–H and O–H groups in total. The molecule has 2 atom stereocenters. The van der Waals surface area contributed by atoms with Crippen LogP contribution in [0.5, 0.6) is 0 Å². The van der Waals surface area contributed by atoms with Crippen LogP contribution in [0.1, 0.15) is 49.5 Å². The first-order valence-corrected chi connectivity index (χ1v) is 7.11. The molecule has 0 spiro atoms. The van der Waals surface area contributed by atoms with Crippen molar-refractivity contribution in [1.82, 2.24) is 10.1 Å². The first-order chi connectivity index (χ1) is 9.49. The molecule has 0 saturated carbocycles. The molecule has 0 aliphatic rings. The van der Waals surface area contributed by atoms with Gasteiger partial charge in [-0.25, -0.2) is 0 Å². The Morgan fingerprint density at radius 3 is 2.50 bits per heavy atom. The second-order valence-electron chi connectivity index (χ2n) is 5.78. The number of hydrogen-bond acceptors (Lipinski definition) is 4. The summed E-state index contributed by atoms with van der Waals surface area (Å²) in [5.74, 6) is 1.86. The Bertz CT molecular complexity index is 552. The van der Waals surface area contributed by atoms with Crippen molar-refractivity contribution in [3.8, 4) is 0 Å². The number of benzene rings is 1. The zero-order valence-corrected chi connectivity index (χ0v) is 12.6. The van der Waals surface area contributed by atoms with E-state index in [2.05, 4.69) is 43.0 Å². The van der Waals surface area contributed by atoms with Crippen LogP contribution in [-0.4, -0.2) is 16.2 Å². The van der Waals surface area contributed by atoms with Gasteiger partial charge < -0.3 is 10.3 Å². The Morgan fingerprint density at radius 2 is 1.90 bits per heavy atom. The maximum atomic E-state index is 6.03. The van der Waals surface area contributed by atoms with Gasteiger partial charge in [-0.2, -0.15) is 4.98 Å². The Morgan fingerprint density at radius 1 is 1.20 bits per heavy atom. The third kappa shape index (κ3) is 3.25. The van der Waals surface area contributed by atoms with Crippen molar-refractivity contribution in [2.24, 2.45) is 11.7 Å². The summed E-state index contributed by atoms with van der Waals surface area (Å²) in [5, 5.41) is 4.10. The lowest BCUT2D eigenvalue weighted by atomic mass is 9.90. The summed E-state index contributed by atoms with van der Waals surface area (Å²) < 4.78 is 5.42. The van der Waals surface area contributed by atoms with Crippen LogP contribution in [0.15, 0.2) is 28.8 Å². The molecule has 0 bridgehead atoms. The van der Waals surface area contributed by atoms with E-state index in [0.717, 1.165) is 5.82 Å². The number of aryl methyl sites for hydroxylation is 1. The van der Waals surface area contributed by atoms with Gasteiger partial charge in [-0.05, 0) is 30.9 Å². The first kappa shape index (κ1) is 14.7. The van der Waals surface area contributed by atoms with Gasteiger partial charge in [0.15, 0.2) is 5.82 Å². The molecule has 1 heterocycles. The highest BCUT2D eigenvalue weighted by Gasteiger charge is 2.26. The van der Waals surface area contributed by atoms with E-state index < -0.39 is 0 Å². The minimum absolute atomic E-state index is 0.00163. The molecule has 108 valence electrons. The molecule has 0 aliphatic carbocycles. The van der Waals surface area contributed by atoms with Crippen LogP contribution in [0.3, 0.4) is 0 Å². The summed E-state index contributed by atoms with van der Waals surface area (Å²) in [6.45, 7) is 8.32. The lowest BCUT2D eigenvalue weighted by molar-refractivity contribution is 0.298. The third-order valence-corrected chi connectivity index (χ3v) is 3.66. The molecule has 2 aromatic rings. The minimum atomic E-state index is 0.00163. The van der Waals surface area contributed by atoms with Crippen molar-refractivity contribution in [3.63, 3.8) is 0 Å². The van der Waals surface area contributed by atoms with Gasteiger partial charge in [0.05, 0.1) is 5.92 Å². The van der Waals surface area contributed by atoms with E-state index in [-0.39, 0.29) is 12.0 Å². The molecule has 0 amide bonds. The van der Waals surface area contributed by atoms with E-state index in [9.17, 15) is 0 Å². The predicted molar refractivity (Wildman–Crippen MR) is 79.5 cm³/mol. The number of hydrogen-bond donors (Lipinski definition) is 1. The standard InChI is InChI=1S/C16H23N3O/c1-10(2)15(12(4)17)16-18-14(19-20-16)9-13-8-6-5-7-11(13)3/h5-8,10,12,15H,9,17H2,1-4H3. The highest BCUT2D eigenvalue weighted by atomic mass is 16.5. The summed E-state index contributed by atoms with van der Waals surface area (Å²) in [5.41, 5.74) is 8.49. The zero-order valence-electron chi connectivity index (χ0n) is 12.6. The van der Waals surface area contributed by atoms with Gasteiger partial charge in [0, 0.05) is 12.5 Å². The molecule has 4 heteroatoms. The van der Waals surface area contributed by atoms with Gasteiger partial charge in [-0.15, -0.1) is 0 Å². The van der Waals surface area contributed by atoms with E-state index in [0.29, 0.717) is 18.2 Å². The van der Waals surface area contributed by atoms with Gasteiger partial charge in [0.2, 0.25) is 5.89 Å². The molecule has 0 radical (unpaired) electrons. The lowest BCUT2D eigenvalue weighted by Gasteiger charge is -2.20. The van der Waals surface area contributed by atoms with Crippen molar-refractivity contribution in [2.45, 2.75) is 46.1 Å². The van der Waals surface area contributed by atoms with E-state index in [4.69, 9.17) is 10.3 Å². The predicted octanol–water partition coefficient (Wildman–Crippen LogP) is 3.06. The van der Waals surface area contributed by atoms with Crippen molar-refractivity contribution in [3.05, 3.63) is 47.1 Å². The highest BCUT2D eigenvalue weighted by Crippen LogP contribution is 2.26. The van der Waals surface area contributed by atoms with Crippen LogP contribution in [-0.2, 0) is 6.42 Å². The zero-order chi connectivity index (χ0) is 14.7. The number of nitrogens with two attached hydrogens (primary N) is 1. The molecular weight excluding hydrogens is 250 g/mol. The quantitative estimate of drug-likeness (QED) is 0.909. The number of rotatable bonds is 5. The largest absolute Gasteiger partial charge is 0.339 e. The third-order valence-electron chi connectivity index (χ3n) is 3.66. The molecule has 2 rings (SSSR count). The maximum Gasteiger partial charge on any atom is 0.231 e. The number of nitrogens with zero attached hydrogens (tertiary/aromatic N) is 2. The molecule has 1 aromatic heterocycles. The van der Waals surface area contributed by atoms with Crippen LogP contribution < -0.4 is 5.73 Å². The van der Waals surface area contributed by atoms with E-state index in [1.165, 1.54) is 11.1 Å². The van der Waals surface area contributed by atoms with E-state index >= 15 is 0 Å². The topological polar surface area (TPSA) is 64.9 Å². The van der Waals surface area contributed by atoms with Crippen LogP contribution in [0.4, 0.5) is 0 Å². The summed E-state index contributed by atoms with van der Waals surface area (Å²) in [7, 11) is 0. The Balaban J connectivity index is 2.19. The van der Waals surface area contributed by atoms with Gasteiger partial charge in [-0.3, -0.25) is 0 Å². The molecule has 20 heavy (non-hydrogen) atoms. The average molecular weight is 273 g/mol. The fourth-order valence-electron chi connectivity index (χ4n) is 2.57. The van der Waals surface area contributed by atoms with Gasteiger partial charge in [0.25, 0.3) is 0 Å². The molecule has 1 aromatic carbocycles. The second-order valence-corrected chi connectivity index (χ2v) is 5.78. The molecule has 0 saturated heterocycles. The van der Waals surface area contributed by atoms with Crippen molar-refractivity contribution >= 4 is 0 Å². The smallest absolute Gasteiger partial charge is 0.231 e. The summed E-state index contributed by atoms with van der Waals surface area (Å²) in [6.07, 6.45) is 0.694. The van der Waals surface area contributed by atoms with Gasteiger partial charge in [-0.1, -0.05) is 43.3 Å². The van der Waals surface area contributed by atoms with Crippen molar-refractivity contribution in [1.29, 1.82) is 0 Å². The SMILES string of the molecule is Cc1ccccc1Cc1noc(C(C(C)C)C(C)N)n1. The summed E-state index contributed by atoms with van der Waals surface area (Å²) in [6, 6.07) is 8.25. The fraction of sp³-hybridized carbons (Fsp3) is 0.500. The first-order valence-electron chi connectivity index (χ1n) is 7.11. The van der Waals surface area contributed by atoms with E-state index in [1.54, 1.807) is 0 Å². The highest BCUT2D eigenvalue weighted by molar-refractivity contribution is 5.28. The summed E-state index contributed by atoms with van der Waals surface area (Å²) in [4.78, 5) is 4.53. The van der Waals surface area contributed by atoms with Gasteiger partial charge in [0.1, 0.15) is 0 Å². The fourth-order valence-corrected chi connectivity index (χ4v) is 2.57. The molecule has 0 aliphatic heterocycles.